The summed E-state index contributed by atoms with van der Waals surface area (Å²) in [6.07, 6.45) is 9.04. The van der Waals surface area contributed by atoms with Gasteiger partial charge in [-0.15, -0.1) is 0 Å². The summed E-state index contributed by atoms with van der Waals surface area (Å²) in [5.41, 5.74) is 2.94. The van der Waals surface area contributed by atoms with E-state index < -0.39 is 0 Å². The molecule has 0 aliphatic heterocycles. The fraction of sp³-hybridized carbons (Fsp3) is 0.480. The van der Waals surface area contributed by atoms with Gasteiger partial charge in [0.05, 0.1) is 27.9 Å². The maximum absolute atomic E-state index is 14.2. The van der Waals surface area contributed by atoms with Crippen LogP contribution < -0.4 is 4.90 Å². The highest BCUT2D eigenvalue weighted by molar-refractivity contribution is 7.22. The number of thiazole rings is 1. The van der Waals surface area contributed by atoms with Gasteiger partial charge in [0.1, 0.15) is 0 Å². The minimum Gasteiger partial charge on any atom is -0.282 e. The smallest absolute Gasteiger partial charge is 0.235 e. The number of anilines is 1. The topological polar surface area (TPSA) is 46.1 Å². The lowest BCUT2D eigenvalue weighted by Gasteiger charge is -2.56. The minimum absolute atomic E-state index is 0.183. The van der Waals surface area contributed by atoms with E-state index in [1.54, 1.807) is 11.3 Å². The molecule has 4 nitrogen and oxygen atoms in total. The van der Waals surface area contributed by atoms with Crippen molar-refractivity contribution in [1.29, 1.82) is 0 Å². The molecule has 4 aliphatic carbocycles. The Balaban J connectivity index is 1.41. The second kappa shape index (κ2) is 6.88. The Morgan fingerprint density at radius 2 is 1.83 bits per heavy atom. The number of carbonyl (C=O) groups excluding carboxylic acids is 1. The van der Waals surface area contributed by atoms with Crippen LogP contribution in [0.15, 0.2) is 42.6 Å². The van der Waals surface area contributed by atoms with Crippen molar-refractivity contribution in [3.63, 3.8) is 0 Å². The fourth-order valence-corrected chi connectivity index (χ4v) is 7.74. The fourth-order valence-electron chi connectivity index (χ4n) is 6.67. The summed E-state index contributed by atoms with van der Waals surface area (Å²) in [4.78, 5) is 25.6. The Kier molecular flexibility index (Phi) is 4.24. The van der Waals surface area contributed by atoms with E-state index in [2.05, 4.69) is 30.1 Å². The van der Waals surface area contributed by atoms with Crippen LogP contribution in [0.5, 0.6) is 0 Å². The number of aryl methyl sites for hydroxylation is 1. The Labute approximate surface area is 181 Å². The van der Waals surface area contributed by atoms with Crippen LogP contribution in [-0.4, -0.2) is 15.9 Å². The summed E-state index contributed by atoms with van der Waals surface area (Å²) in [6, 6.07) is 12.3. The largest absolute Gasteiger partial charge is 0.282 e. The summed E-state index contributed by atoms with van der Waals surface area (Å²) in [7, 11) is 0. The third-order valence-electron chi connectivity index (χ3n) is 7.55. The monoisotopic (exact) mass is 417 g/mol. The van der Waals surface area contributed by atoms with Crippen molar-refractivity contribution < 1.29 is 4.79 Å². The molecule has 3 aromatic rings. The molecule has 0 saturated heterocycles. The van der Waals surface area contributed by atoms with E-state index in [9.17, 15) is 4.79 Å². The Morgan fingerprint density at radius 3 is 2.50 bits per heavy atom. The molecule has 4 aliphatic rings. The summed E-state index contributed by atoms with van der Waals surface area (Å²) >= 11 is 1.64. The van der Waals surface area contributed by atoms with E-state index in [1.807, 2.05) is 29.3 Å². The van der Waals surface area contributed by atoms with Gasteiger partial charge in [-0.2, -0.15) is 0 Å². The highest BCUT2D eigenvalue weighted by Gasteiger charge is 2.56. The normalized spacial score (nSPS) is 29.4. The molecule has 0 atom stereocenters. The van der Waals surface area contributed by atoms with Crippen molar-refractivity contribution in [2.24, 2.45) is 23.2 Å². The van der Waals surface area contributed by atoms with Gasteiger partial charge in [0.25, 0.3) is 0 Å². The van der Waals surface area contributed by atoms with Gasteiger partial charge in [0.2, 0.25) is 5.91 Å². The van der Waals surface area contributed by atoms with Crippen molar-refractivity contribution in [3.05, 3.63) is 53.9 Å². The van der Waals surface area contributed by atoms with Crippen molar-refractivity contribution in [3.8, 4) is 0 Å². The van der Waals surface area contributed by atoms with Gasteiger partial charge in [0, 0.05) is 6.20 Å². The number of carbonyl (C=O) groups is 1. The number of amides is 1. The molecular weight excluding hydrogens is 390 g/mol. The van der Waals surface area contributed by atoms with Crippen molar-refractivity contribution >= 4 is 32.6 Å². The van der Waals surface area contributed by atoms with Gasteiger partial charge >= 0.3 is 0 Å². The van der Waals surface area contributed by atoms with Crippen molar-refractivity contribution in [2.45, 2.75) is 52.0 Å². The zero-order valence-electron chi connectivity index (χ0n) is 17.4. The van der Waals surface area contributed by atoms with Gasteiger partial charge in [0.15, 0.2) is 5.13 Å². The first-order valence-electron chi connectivity index (χ1n) is 11.2. The number of rotatable bonds is 4. The lowest BCUT2D eigenvalue weighted by Crippen LogP contribution is -2.54. The second-order valence-electron chi connectivity index (χ2n) is 9.88. The first-order valence-corrected chi connectivity index (χ1v) is 12.0. The molecule has 0 unspecified atom stereocenters. The first-order chi connectivity index (χ1) is 14.6. The van der Waals surface area contributed by atoms with Crippen LogP contribution in [0.1, 0.15) is 49.8 Å². The molecule has 1 aromatic carbocycles. The van der Waals surface area contributed by atoms with Crippen LogP contribution in [0.25, 0.3) is 10.2 Å². The van der Waals surface area contributed by atoms with E-state index in [0.717, 1.165) is 58.1 Å². The van der Waals surface area contributed by atoms with E-state index in [4.69, 9.17) is 4.98 Å². The van der Waals surface area contributed by atoms with E-state index >= 15 is 0 Å². The molecule has 4 fully saturated rings. The van der Waals surface area contributed by atoms with Gasteiger partial charge in [-0.25, -0.2) is 4.98 Å². The standard InChI is InChI=1S/C25H27N3OS/c1-16-5-6-21-22(8-16)30-24(27-21)28(15-20-4-2-3-7-26-20)23(29)25-12-17-9-18(13-25)11-19(10-17)14-25/h2-8,17-19H,9-15H2,1H3. The van der Waals surface area contributed by atoms with E-state index in [-0.39, 0.29) is 5.41 Å². The number of nitrogens with zero attached hydrogens (tertiary/aromatic N) is 3. The highest BCUT2D eigenvalue weighted by Crippen LogP contribution is 2.60. The second-order valence-corrected chi connectivity index (χ2v) is 10.9. The number of fused-ring (bicyclic) bond motifs is 1. The van der Waals surface area contributed by atoms with Gasteiger partial charge in [-0.05, 0) is 93.0 Å². The Hall–Kier alpha value is -2.27. The predicted molar refractivity (Wildman–Crippen MR) is 120 cm³/mol. The summed E-state index contributed by atoms with van der Waals surface area (Å²) < 4.78 is 1.15. The third kappa shape index (κ3) is 3.06. The van der Waals surface area contributed by atoms with Crippen molar-refractivity contribution in [2.75, 3.05) is 4.90 Å². The van der Waals surface area contributed by atoms with Crippen LogP contribution in [0.3, 0.4) is 0 Å². The molecule has 30 heavy (non-hydrogen) atoms. The number of pyridine rings is 1. The molecular formula is C25H27N3OS. The Morgan fingerprint density at radius 1 is 1.10 bits per heavy atom. The highest BCUT2D eigenvalue weighted by atomic mass is 32.1. The molecule has 5 heteroatoms. The molecule has 4 saturated carbocycles. The molecule has 1 amide bonds. The predicted octanol–water partition coefficient (Wildman–Crippen LogP) is 5.75. The first kappa shape index (κ1) is 18.5. The molecule has 7 rings (SSSR count). The van der Waals surface area contributed by atoms with Gasteiger partial charge in [-0.3, -0.25) is 14.7 Å². The van der Waals surface area contributed by atoms with Crippen LogP contribution >= 0.6 is 11.3 Å². The third-order valence-corrected chi connectivity index (χ3v) is 8.59. The van der Waals surface area contributed by atoms with Crippen LogP contribution in [0.4, 0.5) is 5.13 Å². The zero-order valence-corrected chi connectivity index (χ0v) is 18.2. The molecule has 2 aromatic heterocycles. The maximum atomic E-state index is 14.2. The van der Waals surface area contributed by atoms with Gasteiger partial charge < -0.3 is 0 Å². The summed E-state index contributed by atoms with van der Waals surface area (Å²) in [5.74, 6) is 2.53. The maximum Gasteiger partial charge on any atom is 0.235 e. The van der Waals surface area contributed by atoms with Crippen molar-refractivity contribution in [1.82, 2.24) is 9.97 Å². The molecule has 0 radical (unpaired) electrons. The molecule has 2 heterocycles. The lowest BCUT2D eigenvalue weighted by molar-refractivity contribution is -0.143. The minimum atomic E-state index is -0.183. The average molecular weight is 418 g/mol. The average Bonchev–Trinajstić information content (AvgIpc) is 3.14. The van der Waals surface area contributed by atoms with E-state index in [0.29, 0.717) is 12.5 Å². The molecule has 4 bridgehead atoms. The summed E-state index contributed by atoms with van der Waals surface area (Å²) in [5, 5.41) is 0.821. The molecule has 0 N–H and O–H groups in total. The Bertz CT molecular complexity index is 1070. The quantitative estimate of drug-likeness (QED) is 0.543. The number of hydrogen-bond donors (Lipinski definition) is 0. The van der Waals surface area contributed by atoms with Crippen LogP contribution in [0, 0.1) is 30.1 Å². The lowest BCUT2D eigenvalue weighted by atomic mass is 9.49. The van der Waals surface area contributed by atoms with Gasteiger partial charge in [-0.1, -0.05) is 23.5 Å². The molecule has 154 valence electrons. The van der Waals surface area contributed by atoms with Crippen LogP contribution in [0.2, 0.25) is 0 Å². The molecule has 0 spiro atoms. The summed E-state index contributed by atoms with van der Waals surface area (Å²) in [6.45, 7) is 2.60. The number of aromatic nitrogens is 2. The van der Waals surface area contributed by atoms with E-state index in [1.165, 1.54) is 24.8 Å². The SMILES string of the molecule is Cc1ccc2nc(N(Cc3ccccn3)C(=O)C34CC5CC(CC(C5)C3)C4)sc2c1. The zero-order chi connectivity index (χ0) is 20.3. The van der Waals surface area contributed by atoms with Crippen LogP contribution in [-0.2, 0) is 11.3 Å². The number of benzene rings is 1. The number of hydrogen-bond acceptors (Lipinski definition) is 4.